The molecule has 0 aromatic carbocycles. The molecule has 0 aliphatic rings. The van der Waals surface area contributed by atoms with Crippen molar-refractivity contribution in [1.29, 1.82) is 0 Å². The van der Waals surface area contributed by atoms with Gasteiger partial charge in [0.25, 0.3) is 0 Å². The monoisotopic (exact) mass is 1280 g/mol. The molecule has 3 unspecified atom stereocenters. The van der Waals surface area contributed by atoms with Gasteiger partial charge in [-0.2, -0.15) is 0 Å². The molecular formula is C68H132O17P2. The SMILES string of the molecule is CCCCCCCCCCCCCCCCCCCCCCC(=O)O[C@H](COC(=O)CCCCCCCCC(C)CC)COP(=O)(O)OC[C@@H](O)COP(=O)(O)OC[C@@H](COC(=O)CCCCCCCCCC)OC(=O)CCCCCCCCCCC. The standard InChI is InChI=1S/C68H132O17P2/c1-6-10-13-16-19-22-23-24-25-26-27-28-29-30-31-32-34-37-44-49-54-68(73)85-64(58-79-66(71)52-47-42-39-38-40-45-50-61(5)9-4)60-83-87(76,77)81-56-62(69)55-80-86(74,75)82-59-63(57-78-65(70)51-46-41-35-21-18-15-12-8-3)84-67(72)53-48-43-36-33-20-17-14-11-7-2/h61-64,69H,6-60H2,1-5H3,(H,74,75)(H,76,77)/t61?,62-,63+,64+/m0/s1. The van der Waals surface area contributed by atoms with Gasteiger partial charge in [0.1, 0.15) is 19.3 Å². The molecule has 0 amide bonds. The molecule has 3 N–H and O–H groups in total. The second-order valence-electron chi connectivity index (χ2n) is 24.8. The van der Waals surface area contributed by atoms with E-state index in [-0.39, 0.29) is 25.7 Å². The first kappa shape index (κ1) is 85.1. The van der Waals surface area contributed by atoms with Gasteiger partial charge in [-0.25, -0.2) is 9.13 Å². The number of esters is 4. The fourth-order valence-corrected chi connectivity index (χ4v) is 11.8. The Morgan fingerprint density at radius 2 is 0.552 bits per heavy atom. The lowest BCUT2D eigenvalue weighted by atomic mass is 10.00. The van der Waals surface area contributed by atoms with Gasteiger partial charge < -0.3 is 33.8 Å². The quantitative estimate of drug-likeness (QED) is 0.0222. The Balaban J connectivity index is 5.14. The van der Waals surface area contributed by atoms with E-state index in [1.54, 1.807) is 0 Å². The summed E-state index contributed by atoms with van der Waals surface area (Å²) in [6.45, 7) is 7.14. The smallest absolute Gasteiger partial charge is 0.462 e. The number of hydrogen-bond donors (Lipinski definition) is 3. The highest BCUT2D eigenvalue weighted by molar-refractivity contribution is 7.47. The second kappa shape index (κ2) is 61.6. The van der Waals surface area contributed by atoms with Crippen LogP contribution in [0.25, 0.3) is 0 Å². The molecular weight excluding hydrogens is 1150 g/mol. The van der Waals surface area contributed by atoms with Crippen molar-refractivity contribution in [3.8, 4) is 0 Å². The highest BCUT2D eigenvalue weighted by atomic mass is 31.2. The van der Waals surface area contributed by atoms with Crippen molar-refractivity contribution in [1.82, 2.24) is 0 Å². The Bertz CT molecular complexity index is 1690. The zero-order chi connectivity index (χ0) is 64.2. The fraction of sp³-hybridized carbons (Fsp3) is 0.941. The maximum Gasteiger partial charge on any atom is 0.472 e. The summed E-state index contributed by atoms with van der Waals surface area (Å²) >= 11 is 0. The van der Waals surface area contributed by atoms with E-state index >= 15 is 0 Å². The van der Waals surface area contributed by atoms with Crippen LogP contribution < -0.4 is 0 Å². The molecule has 87 heavy (non-hydrogen) atoms. The predicted molar refractivity (Wildman–Crippen MR) is 349 cm³/mol. The van der Waals surface area contributed by atoms with Crippen molar-refractivity contribution in [2.75, 3.05) is 39.6 Å². The fourth-order valence-electron chi connectivity index (χ4n) is 10.3. The van der Waals surface area contributed by atoms with Crippen LogP contribution in [0.2, 0.25) is 0 Å². The van der Waals surface area contributed by atoms with Gasteiger partial charge in [0.15, 0.2) is 12.2 Å². The van der Waals surface area contributed by atoms with E-state index in [4.69, 9.17) is 37.0 Å². The van der Waals surface area contributed by atoms with Gasteiger partial charge >= 0.3 is 39.5 Å². The van der Waals surface area contributed by atoms with Gasteiger partial charge in [-0.15, -0.1) is 0 Å². The molecule has 0 rings (SSSR count). The number of phosphoric ester groups is 2. The Labute approximate surface area is 530 Å². The number of aliphatic hydroxyl groups excluding tert-OH is 1. The summed E-state index contributed by atoms with van der Waals surface area (Å²) in [6, 6.07) is 0. The zero-order valence-electron chi connectivity index (χ0n) is 56.2. The maximum absolute atomic E-state index is 13.0. The van der Waals surface area contributed by atoms with E-state index in [1.807, 2.05) is 0 Å². The minimum absolute atomic E-state index is 0.106. The minimum Gasteiger partial charge on any atom is -0.462 e. The summed E-state index contributed by atoms with van der Waals surface area (Å²) in [5.41, 5.74) is 0. The van der Waals surface area contributed by atoms with E-state index in [9.17, 15) is 43.2 Å². The molecule has 516 valence electrons. The normalized spacial score (nSPS) is 14.4. The molecule has 0 bridgehead atoms. The van der Waals surface area contributed by atoms with Crippen LogP contribution in [0.15, 0.2) is 0 Å². The summed E-state index contributed by atoms with van der Waals surface area (Å²) in [5, 5.41) is 10.5. The lowest BCUT2D eigenvalue weighted by molar-refractivity contribution is -0.161. The third-order valence-corrected chi connectivity index (χ3v) is 18.0. The highest BCUT2D eigenvalue weighted by Crippen LogP contribution is 2.45. The van der Waals surface area contributed by atoms with Gasteiger partial charge in [-0.1, -0.05) is 298 Å². The van der Waals surface area contributed by atoms with Crippen molar-refractivity contribution in [2.24, 2.45) is 5.92 Å². The molecule has 0 aliphatic heterocycles. The third-order valence-electron chi connectivity index (χ3n) is 16.1. The molecule has 0 saturated carbocycles. The van der Waals surface area contributed by atoms with Crippen molar-refractivity contribution < 1.29 is 80.2 Å². The Kier molecular flexibility index (Phi) is 60.2. The molecule has 0 heterocycles. The average Bonchev–Trinajstić information content (AvgIpc) is 3.67. The van der Waals surface area contributed by atoms with Crippen molar-refractivity contribution >= 4 is 39.5 Å². The van der Waals surface area contributed by atoms with Gasteiger partial charge in [0.05, 0.1) is 26.4 Å². The van der Waals surface area contributed by atoms with Crippen LogP contribution in [0, 0.1) is 5.92 Å². The van der Waals surface area contributed by atoms with Crippen LogP contribution in [0.5, 0.6) is 0 Å². The van der Waals surface area contributed by atoms with Crippen LogP contribution in [-0.2, 0) is 65.4 Å². The number of hydrogen-bond acceptors (Lipinski definition) is 15. The zero-order valence-corrected chi connectivity index (χ0v) is 57.9. The summed E-state index contributed by atoms with van der Waals surface area (Å²) < 4.78 is 68.0. The van der Waals surface area contributed by atoms with E-state index in [0.29, 0.717) is 25.7 Å². The Hall–Kier alpha value is -1.94. The third kappa shape index (κ3) is 61.3. The minimum atomic E-state index is -4.95. The first-order valence-corrected chi connectivity index (χ1v) is 38.7. The predicted octanol–water partition coefficient (Wildman–Crippen LogP) is 19.4. The molecule has 0 aliphatic carbocycles. The van der Waals surface area contributed by atoms with Gasteiger partial charge in [-0.3, -0.25) is 37.3 Å². The number of phosphoric acid groups is 2. The van der Waals surface area contributed by atoms with E-state index in [0.717, 1.165) is 109 Å². The molecule has 0 saturated heterocycles. The number of rotatable bonds is 68. The average molecular weight is 1280 g/mol. The van der Waals surface area contributed by atoms with Gasteiger partial charge in [-0.05, 0) is 31.6 Å². The Morgan fingerprint density at radius 1 is 0.322 bits per heavy atom. The van der Waals surface area contributed by atoms with Gasteiger partial charge in [0, 0.05) is 25.7 Å². The molecule has 17 nitrogen and oxygen atoms in total. The van der Waals surface area contributed by atoms with Crippen LogP contribution in [0.3, 0.4) is 0 Å². The van der Waals surface area contributed by atoms with E-state index in [2.05, 4.69) is 34.6 Å². The second-order valence-corrected chi connectivity index (χ2v) is 27.7. The van der Waals surface area contributed by atoms with Crippen molar-refractivity contribution in [3.05, 3.63) is 0 Å². The summed E-state index contributed by atoms with van der Waals surface area (Å²) in [5.74, 6) is -1.40. The lowest BCUT2D eigenvalue weighted by Crippen LogP contribution is -2.30. The molecule has 19 heteroatoms. The van der Waals surface area contributed by atoms with Crippen LogP contribution in [0.4, 0.5) is 0 Å². The first-order valence-electron chi connectivity index (χ1n) is 35.7. The number of aliphatic hydroxyl groups is 1. The largest absolute Gasteiger partial charge is 0.472 e. The lowest BCUT2D eigenvalue weighted by Gasteiger charge is -2.21. The topological polar surface area (TPSA) is 237 Å². The first-order chi connectivity index (χ1) is 42.1. The van der Waals surface area contributed by atoms with Gasteiger partial charge in [0.2, 0.25) is 0 Å². The van der Waals surface area contributed by atoms with Crippen LogP contribution in [0.1, 0.15) is 349 Å². The summed E-state index contributed by atoms with van der Waals surface area (Å²) in [7, 11) is -9.89. The van der Waals surface area contributed by atoms with Crippen molar-refractivity contribution in [2.45, 2.75) is 368 Å². The molecule has 0 aromatic rings. The summed E-state index contributed by atoms with van der Waals surface area (Å²) in [4.78, 5) is 72.2. The maximum atomic E-state index is 13.0. The number of unbranched alkanes of at least 4 members (excludes halogenated alkanes) is 39. The molecule has 6 atom stereocenters. The number of carbonyl (C=O) groups excluding carboxylic acids is 4. The van der Waals surface area contributed by atoms with E-state index < -0.39 is 97.5 Å². The molecule has 0 radical (unpaired) electrons. The molecule has 0 aromatic heterocycles. The number of carbonyl (C=O) groups is 4. The Morgan fingerprint density at radius 3 is 0.816 bits per heavy atom. The van der Waals surface area contributed by atoms with E-state index in [1.165, 1.54) is 161 Å². The van der Waals surface area contributed by atoms with Crippen LogP contribution >= 0.6 is 15.6 Å². The number of ether oxygens (including phenoxy) is 4. The van der Waals surface area contributed by atoms with Crippen LogP contribution in [-0.4, -0.2) is 96.7 Å². The molecule has 0 spiro atoms. The molecule has 0 fully saturated rings. The highest BCUT2D eigenvalue weighted by Gasteiger charge is 2.30. The summed E-state index contributed by atoms with van der Waals surface area (Å²) in [6.07, 6.45) is 47.4. The van der Waals surface area contributed by atoms with Crippen molar-refractivity contribution in [3.63, 3.8) is 0 Å².